The van der Waals surface area contributed by atoms with Crippen LogP contribution in [-0.4, -0.2) is 10.9 Å². The fourth-order valence-electron chi connectivity index (χ4n) is 2.32. The predicted molar refractivity (Wildman–Crippen MR) is 99.8 cm³/mol. The zero-order valence-electron chi connectivity index (χ0n) is 13.3. The molecule has 3 heterocycles. The Labute approximate surface area is 148 Å². The number of aryl methyl sites for hydroxylation is 3. The Morgan fingerprint density at radius 3 is 2.74 bits per heavy atom. The molecule has 0 spiro atoms. The molecule has 1 N–H and O–H groups in total. The first kappa shape index (κ1) is 16.4. The minimum atomic E-state index is 0.0113. The monoisotopic (exact) mass is 362 g/mol. The summed E-state index contributed by atoms with van der Waals surface area (Å²) in [5.41, 5.74) is 2.29. The molecule has 0 bridgehead atoms. The lowest BCUT2D eigenvalue weighted by Crippen LogP contribution is -2.21. The van der Waals surface area contributed by atoms with Gasteiger partial charge in [0.25, 0.3) is 5.91 Å². The van der Waals surface area contributed by atoms with Gasteiger partial charge in [-0.05, 0) is 44.0 Å². The number of rotatable bonds is 5. The highest BCUT2D eigenvalue weighted by Gasteiger charge is 2.12. The van der Waals surface area contributed by atoms with E-state index < -0.39 is 0 Å². The number of thiophene rings is 2. The third-order valence-electron chi connectivity index (χ3n) is 3.58. The maximum atomic E-state index is 12.3. The highest BCUT2D eigenvalue weighted by Crippen LogP contribution is 2.29. The molecule has 0 saturated heterocycles. The van der Waals surface area contributed by atoms with E-state index >= 15 is 0 Å². The van der Waals surface area contributed by atoms with Gasteiger partial charge in [0.05, 0.1) is 27.0 Å². The van der Waals surface area contributed by atoms with Crippen LogP contribution in [0, 0.1) is 13.8 Å². The summed E-state index contributed by atoms with van der Waals surface area (Å²) in [4.78, 5) is 21.1. The molecule has 0 aliphatic heterocycles. The molecule has 6 heteroatoms. The van der Waals surface area contributed by atoms with Crippen molar-refractivity contribution in [3.05, 3.63) is 48.8 Å². The van der Waals surface area contributed by atoms with Crippen molar-refractivity contribution in [2.75, 3.05) is 0 Å². The van der Waals surface area contributed by atoms with E-state index in [1.807, 2.05) is 13.0 Å². The van der Waals surface area contributed by atoms with Crippen LogP contribution >= 0.6 is 34.0 Å². The van der Waals surface area contributed by atoms with E-state index in [9.17, 15) is 4.79 Å². The normalized spacial score (nSPS) is 10.9. The van der Waals surface area contributed by atoms with E-state index in [4.69, 9.17) is 0 Å². The molecular formula is C17H18N2OS3. The third-order valence-corrected chi connectivity index (χ3v) is 6.55. The molecule has 3 rings (SSSR count). The van der Waals surface area contributed by atoms with Gasteiger partial charge in [-0.2, -0.15) is 0 Å². The number of hydrogen-bond acceptors (Lipinski definition) is 5. The summed E-state index contributed by atoms with van der Waals surface area (Å²) >= 11 is 4.91. The van der Waals surface area contributed by atoms with Crippen molar-refractivity contribution >= 4 is 39.9 Å². The Bertz CT molecular complexity index is 829. The molecule has 3 aromatic heterocycles. The molecular weight excluding hydrogens is 344 g/mol. The van der Waals surface area contributed by atoms with Crippen molar-refractivity contribution in [1.29, 1.82) is 0 Å². The maximum Gasteiger partial charge on any atom is 0.261 e. The lowest BCUT2D eigenvalue weighted by molar-refractivity contribution is 0.0955. The van der Waals surface area contributed by atoms with E-state index in [0.717, 1.165) is 31.8 Å². The average molecular weight is 363 g/mol. The van der Waals surface area contributed by atoms with Gasteiger partial charge in [-0.1, -0.05) is 6.92 Å². The Kier molecular flexibility index (Phi) is 4.94. The Hall–Kier alpha value is -1.50. The quantitative estimate of drug-likeness (QED) is 0.691. The van der Waals surface area contributed by atoms with Crippen molar-refractivity contribution in [2.24, 2.45) is 0 Å². The molecule has 1 amide bonds. The molecule has 0 saturated carbocycles. The maximum absolute atomic E-state index is 12.3. The van der Waals surface area contributed by atoms with Gasteiger partial charge in [0.2, 0.25) is 0 Å². The van der Waals surface area contributed by atoms with Crippen LogP contribution < -0.4 is 5.32 Å². The number of aromatic nitrogens is 1. The topological polar surface area (TPSA) is 42.0 Å². The van der Waals surface area contributed by atoms with Crippen molar-refractivity contribution in [3.63, 3.8) is 0 Å². The standard InChI is InChI=1S/C17H18N2OS3/c1-4-12-7-16(22-10(12)2)17(20)18-8-13-5-6-15(23-13)14-9-21-11(3)19-14/h5-7,9H,4,8H2,1-3H3,(H,18,20). The average Bonchev–Trinajstić information content (AvgIpc) is 3.24. The number of thiazole rings is 1. The van der Waals surface area contributed by atoms with E-state index in [2.05, 4.69) is 41.7 Å². The first-order valence-electron chi connectivity index (χ1n) is 7.45. The predicted octanol–water partition coefficient (Wildman–Crippen LogP) is 5.04. The van der Waals surface area contributed by atoms with Crippen molar-refractivity contribution in [2.45, 2.75) is 33.7 Å². The van der Waals surface area contributed by atoms with Crippen LogP contribution in [0.1, 0.15) is 36.9 Å². The Balaban J connectivity index is 1.64. The Morgan fingerprint density at radius 1 is 1.26 bits per heavy atom. The zero-order valence-corrected chi connectivity index (χ0v) is 15.8. The minimum Gasteiger partial charge on any atom is -0.346 e. The summed E-state index contributed by atoms with van der Waals surface area (Å²) in [6, 6.07) is 6.14. The van der Waals surface area contributed by atoms with Crippen LogP contribution in [-0.2, 0) is 13.0 Å². The molecule has 120 valence electrons. The van der Waals surface area contributed by atoms with Crippen LogP contribution in [0.25, 0.3) is 10.6 Å². The lowest BCUT2D eigenvalue weighted by Gasteiger charge is -2.00. The molecule has 0 aromatic carbocycles. The molecule has 23 heavy (non-hydrogen) atoms. The SMILES string of the molecule is CCc1cc(C(=O)NCc2ccc(-c3csc(C)n3)s2)sc1C. The van der Waals surface area contributed by atoms with Gasteiger partial charge in [0.1, 0.15) is 0 Å². The van der Waals surface area contributed by atoms with Crippen molar-refractivity contribution < 1.29 is 4.79 Å². The smallest absolute Gasteiger partial charge is 0.261 e. The van der Waals surface area contributed by atoms with Crippen molar-refractivity contribution in [1.82, 2.24) is 10.3 Å². The summed E-state index contributed by atoms with van der Waals surface area (Å²) in [7, 11) is 0. The molecule has 0 aliphatic carbocycles. The lowest BCUT2D eigenvalue weighted by atomic mass is 10.2. The van der Waals surface area contributed by atoms with Crippen LogP contribution in [0.4, 0.5) is 0 Å². The fourth-order valence-corrected chi connectivity index (χ4v) is 4.95. The third kappa shape index (κ3) is 3.71. The second kappa shape index (κ2) is 6.95. The Morgan fingerprint density at radius 2 is 2.09 bits per heavy atom. The summed E-state index contributed by atoms with van der Waals surface area (Å²) in [5.74, 6) is 0.0113. The number of carbonyl (C=O) groups excluding carboxylic acids is 1. The van der Waals surface area contributed by atoms with Gasteiger partial charge in [-0.15, -0.1) is 34.0 Å². The second-order valence-corrected chi connectivity index (χ2v) is 8.73. The van der Waals surface area contributed by atoms with Gasteiger partial charge in [0, 0.05) is 15.1 Å². The van der Waals surface area contributed by atoms with Crippen LogP contribution in [0.15, 0.2) is 23.6 Å². The summed E-state index contributed by atoms with van der Waals surface area (Å²) < 4.78 is 0. The minimum absolute atomic E-state index is 0.0113. The van der Waals surface area contributed by atoms with E-state index in [1.165, 1.54) is 10.4 Å². The number of amides is 1. The number of nitrogens with zero attached hydrogens (tertiary/aromatic N) is 1. The number of hydrogen-bond donors (Lipinski definition) is 1. The molecule has 3 aromatic rings. The van der Waals surface area contributed by atoms with Gasteiger partial charge < -0.3 is 5.32 Å². The molecule has 0 unspecified atom stereocenters. The van der Waals surface area contributed by atoms with Gasteiger partial charge >= 0.3 is 0 Å². The highest BCUT2D eigenvalue weighted by molar-refractivity contribution is 7.16. The van der Waals surface area contributed by atoms with Crippen LogP contribution in [0.5, 0.6) is 0 Å². The highest BCUT2D eigenvalue weighted by atomic mass is 32.1. The summed E-state index contributed by atoms with van der Waals surface area (Å²) in [5, 5.41) is 6.16. The van der Waals surface area contributed by atoms with E-state index in [1.54, 1.807) is 34.0 Å². The second-order valence-electron chi connectivity index (χ2n) is 5.25. The molecule has 0 atom stereocenters. The van der Waals surface area contributed by atoms with Gasteiger partial charge in [-0.25, -0.2) is 4.98 Å². The number of nitrogens with one attached hydrogen (secondary N) is 1. The van der Waals surface area contributed by atoms with E-state index in [0.29, 0.717) is 6.54 Å². The van der Waals surface area contributed by atoms with E-state index in [-0.39, 0.29) is 5.91 Å². The first-order chi connectivity index (χ1) is 11.1. The summed E-state index contributed by atoms with van der Waals surface area (Å²) in [6.45, 7) is 6.76. The van der Waals surface area contributed by atoms with Gasteiger partial charge in [-0.3, -0.25) is 4.79 Å². The van der Waals surface area contributed by atoms with Gasteiger partial charge in [0.15, 0.2) is 0 Å². The summed E-state index contributed by atoms with van der Waals surface area (Å²) in [6.07, 6.45) is 0.969. The van der Waals surface area contributed by atoms with Crippen LogP contribution in [0.3, 0.4) is 0 Å². The molecule has 3 nitrogen and oxygen atoms in total. The number of carbonyl (C=O) groups is 1. The fraction of sp³-hybridized carbons (Fsp3) is 0.294. The molecule has 0 radical (unpaired) electrons. The molecule has 0 fully saturated rings. The van der Waals surface area contributed by atoms with Crippen molar-refractivity contribution in [3.8, 4) is 10.6 Å². The first-order valence-corrected chi connectivity index (χ1v) is 9.96. The van der Waals surface area contributed by atoms with Crippen LogP contribution in [0.2, 0.25) is 0 Å². The zero-order chi connectivity index (χ0) is 16.4. The largest absolute Gasteiger partial charge is 0.346 e. The molecule has 0 aliphatic rings.